The maximum Gasteiger partial charge on any atom is 0.243 e. The number of rotatable bonds is 5. The van der Waals surface area contributed by atoms with E-state index in [4.69, 9.17) is 5.26 Å². The van der Waals surface area contributed by atoms with E-state index in [9.17, 15) is 13.2 Å². The molecule has 1 saturated heterocycles. The summed E-state index contributed by atoms with van der Waals surface area (Å²) in [4.78, 5) is 13.6. The molecule has 0 unspecified atom stereocenters. The molecule has 0 spiro atoms. The molecule has 0 aliphatic carbocycles. The molecule has 0 amide bonds. The van der Waals surface area contributed by atoms with Crippen LogP contribution in [0.15, 0.2) is 29.2 Å². The van der Waals surface area contributed by atoms with Crippen molar-refractivity contribution in [3.8, 4) is 6.07 Å². The van der Waals surface area contributed by atoms with Gasteiger partial charge in [-0.2, -0.15) is 9.57 Å². The Labute approximate surface area is 137 Å². The lowest BCUT2D eigenvalue weighted by Crippen LogP contribution is -2.49. The lowest BCUT2D eigenvalue weighted by Gasteiger charge is -2.34. The molecule has 0 radical (unpaired) electrons. The molecule has 0 saturated carbocycles. The molecule has 0 bridgehead atoms. The molecule has 124 valence electrons. The molecule has 0 N–H and O–H groups in total. The largest absolute Gasteiger partial charge is 0.299 e. The first kappa shape index (κ1) is 17.6. The zero-order chi connectivity index (χ0) is 17.0. The minimum absolute atomic E-state index is 0.0581. The van der Waals surface area contributed by atoms with Crippen molar-refractivity contribution in [2.45, 2.75) is 18.7 Å². The number of piperazine rings is 1. The summed E-state index contributed by atoms with van der Waals surface area (Å²) in [6.07, 6.45) is 0. The summed E-state index contributed by atoms with van der Waals surface area (Å²) < 4.78 is 26.7. The van der Waals surface area contributed by atoms with Crippen molar-refractivity contribution >= 4 is 15.8 Å². The molecule has 7 heteroatoms. The van der Waals surface area contributed by atoms with Crippen LogP contribution in [0.5, 0.6) is 0 Å². The van der Waals surface area contributed by atoms with E-state index in [1.54, 1.807) is 12.1 Å². The highest BCUT2D eigenvalue weighted by molar-refractivity contribution is 7.89. The van der Waals surface area contributed by atoms with Crippen LogP contribution < -0.4 is 0 Å². The van der Waals surface area contributed by atoms with Crippen LogP contribution in [0.4, 0.5) is 0 Å². The number of carbonyl (C=O) groups excluding carboxylic acids is 1. The maximum atomic E-state index is 12.6. The minimum atomic E-state index is -3.53. The second-order valence-corrected chi connectivity index (χ2v) is 7.75. The van der Waals surface area contributed by atoms with Crippen molar-refractivity contribution in [3.63, 3.8) is 0 Å². The molecular weight excluding hydrogens is 314 g/mol. The van der Waals surface area contributed by atoms with E-state index in [0.717, 1.165) is 0 Å². The summed E-state index contributed by atoms with van der Waals surface area (Å²) >= 11 is 0. The fraction of sp³-hybridized carbons (Fsp3) is 0.500. The molecular formula is C16H21N3O3S. The van der Waals surface area contributed by atoms with Crippen molar-refractivity contribution in [1.82, 2.24) is 9.21 Å². The Bertz CT molecular complexity index is 699. The van der Waals surface area contributed by atoms with Gasteiger partial charge in [0.15, 0.2) is 5.78 Å². The fourth-order valence-electron chi connectivity index (χ4n) is 2.59. The smallest absolute Gasteiger partial charge is 0.243 e. The van der Waals surface area contributed by atoms with Crippen LogP contribution in [0.2, 0.25) is 0 Å². The third-order valence-corrected chi connectivity index (χ3v) is 5.90. The zero-order valence-corrected chi connectivity index (χ0v) is 14.2. The van der Waals surface area contributed by atoms with Crippen LogP contribution in [0.3, 0.4) is 0 Å². The molecule has 6 nitrogen and oxygen atoms in total. The van der Waals surface area contributed by atoms with Gasteiger partial charge in [-0.15, -0.1) is 0 Å². The highest BCUT2D eigenvalue weighted by atomic mass is 32.2. The average molecular weight is 335 g/mol. The number of ketones is 1. The summed E-state index contributed by atoms with van der Waals surface area (Å²) in [6, 6.07) is 8.24. The van der Waals surface area contributed by atoms with Gasteiger partial charge in [0.05, 0.1) is 16.9 Å². The second-order valence-electron chi connectivity index (χ2n) is 5.82. The lowest BCUT2D eigenvalue weighted by molar-refractivity contribution is 0.101. The van der Waals surface area contributed by atoms with Crippen LogP contribution in [-0.2, 0) is 10.0 Å². The topological polar surface area (TPSA) is 81.5 Å². The van der Waals surface area contributed by atoms with Crippen molar-refractivity contribution in [3.05, 3.63) is 29.8 Å². The van der Waals surface area contributed by atoms with Crippen molar-refractivity contribution in [2.24, 2.45) is 5.92 Å². The number of Topliss-reactive ketones (excluding diaryl/α,β-unsaturated/α-hetero) is 1. The molecule has 1 fully saturated rings. The summed E-state index contributed by atoms with van der Waals surface area (Å²) in [5.74, 6) is -0.147. The van der Waals surface area contributed by atoms with Gasteiger partial charge in [0.1, 0.15) is 0 Å². The third-order valence-electron chi connectivity index (χ3n) is 3.98. The Morgan fingerprint density at radius 3 is 2.26 bits per heavy atom. The van der Waals surface area contributed by atoms with E-state index in [1.807, 2.05) is 6.92 Å². The first-order valence-electron chi connectivity index (χ1n) is 7.57. The molecule has 1 aliphatic rings. The number of hydrogen-bond donors (Lipinski definition) is 0. The third kappa shape index (κ3) is 4.16. The van der Waals surface area contributed by atoms with Gasteiger partial charge in [-0.1, -0.05) is 12.1 Å². The van der Waals surface area contributed by atoms with Gasteiger partial charge in [0.25, 0.3) is 0 Å². The number of nitriles is 1. The van der Waals surface area contributed by atoms with E-state index < -0.39 is 10.0 Å². The predicted molar refractivity (Wildman–Crippen MR) is 86.4 cm³/mol. The maximum absolute atomic E-state index is 12.6. The predicted octanol–water partition coefficient (Wildman–Crippen LogP) is 1.36. The standard InChI is InChI=1S/C16H21N3O3S/c1-13(11-17)12-18-7-9-19(10-8-18)23(21,22)16-5-3-15(4-6-16)14(2)20/h3-6,13H,7-10,12H2,1-2H3/t13-/m1/s1. The first-order chi connectivity index (χ1) is 10.8. The molecule has 2 rings (SSSR count). The average Bonchev–Trinajstić information content (AvgIpc) is 2.55. The first-order valence-corrected chi connectivity index (χ1v) is 9.01. The van der Waals surface area contributed by atoms with Gasteiger partial charge in [0, 0.05) is 38.3 Å². The molecule has 1 atom stereocenters. The van der Waals surface area contributed by atoms with E-state index in [-0.39, 0.29) is 16.6 Å². The Morgan fingerprint density at radius 2 is 1.78 bits per heavy atom. The molecule has 1 aromatic carbocycles. The van der Waals surface area contributed by atoms with Crippen LogP contribution in [0, 0.1) is 17.2 Å². The number of carbonyl (C=O) groups is 1. The van der Waals surface area contributed by atoms with Crippen molar-refractivity contribution in [2.75, 3.05) is 32.7 Å². The number of hydrogen-bond acceptors (Lipinski definition) is 5. The van der Waals surface area contributed by atoms with Crippen LogP contribution >= 0.6 is 0 Å². The van der Waals surface area contributed by atoms with Gasteiger partial charge in [0.2, 0.25) is 10.0 Å². The minimum Gasteiger partial charge on any atom is -0.299 e. The quantitative estimate of drug-likeness (QED) is 0.759. The van der Waals surface area contributed by atoms with Gasteiger partial charge >= 0.3 is 0 Å². The number of sulfonamides is 1. The summed E-state index contributed by atoms with van der Waals surface area (Å²) in [5.41, 5.74) is 0.499. The summed E-state index contributed by atoms with van der Waals surface area (Å²) in [5, 5.41) is 8.85. The highest BCUT2D eigenvalue weighted by Crippen LogP contribution is 2.19. The Kier molecular flexibility index (Phi) is 5.52. The zero-order valence-electron chi connectivity index (χ0n) is 13.4. The van der Waals surface area contributed by atoms with Gasteiger partial charge in [-0.3, -0.25) is 9.69 Å². The number of nitrogens with zero attached hydrogens (tertiary/aromatic N) is 3. The van der Waals surface area contributed by atoms with Crippen molar-refractivity contribution in [1.29, 1.82) is 5.26 Å². The Morgan fingerprint density at radius 1 is 1.22 bits per heavy atom. The Hall–Kier alpha value is -1.75. The number of benzene rings is 1. The Balaban J connectivity index is 2.04. The van der Waals surface area contributed by atoms with E-state index >= 15 is 0 Å². The lowest BCUT2D eigenvalue weighted by atomic mass is 10.2. The second kappa shape index (κ2) is 7.21. The van der Waals surface area contributed by atoms with E-state index in [0.29, 0.717) is 38.3 Å². The van der Waals surface area contributed by atoms with Crippen LogP contribution in [0.1, 0.15) is 24.2 Å². The SMILES string of the molecule is CC(=O)c1ccc(S(=O)(=O)N2CCN(C[C@H](C)C#N)CC2)cc1. The van der Waals surface area contributed by atoms with Gasteiger partial charge in [-0.05, 0) is 26.0 Å². The van der Waals surface area contributed by atoms with Crippen LogP contribution in [0.25, 0.3) is 0 Å². The normalized spacial score (nSPS) is 18.3. The molecule has 1 aliphatic heterocycles. The van der Waals surface area contributed by atoms with E-state index in [2.05, 4.69) is 11.0 Å². The summed E-state index contributed by atoms with van der Waals surface area (Å²) in [7, 11) is -3.53. The van der Waals surface area contributed by atoms with Crippen molar-refractivity contribution < 1.29 is 13.2 Å². The van der Waals surface area contributed by atoms with Gasteiger partial charge < -0.3 is 0 Å². The highest BCUT2D eigenvalue weighted by Gasteiger charge is 2.28. The molecule has 1 aromatic rings. The van der Waals surface area contributed by atoms with E-state index in [1.165, 1.54) is 23.4 Å². The van der Waals surface area contributed by atoms with Gasteiger partial charge in [-0.25, -0.2) is 8.42 Å². The molecule has 1 heterocycles. The molecule has 0 aromatic heterocycles. The molecule has 23 heavy (non-hydrogen) atoms. The fourth-order valence-corrected chi connectivity index (χ4v) is 4.01. The monoisotopic (exact) mass is 335 g/mol. The van der Waals surface area contributed by atoms with Crippen LogP contribution in [-0.4, -0.2) is 56.1 Å². The summed E-state index contributed by atoms with van der Waals surface area (Å²) in [6.45, 7) is 6.04.